The molecule has 1 heterocycles. The van der Waals surface area contributed by atoms with Crippen molar-refractivity contribution in [2.75, 3.05) is 19.5 Å². The highest BCUT2D eigenvalue weighted by molar-refractivity contribution is 6.30. The van der Waals surface area contributed by atoms with Gasteiger partial charge in [-0.15, -0.1) is 10.2 Å². The Balaban J connectivity index is 1.61. The third kappa shape index (κ3) is 4.89. The Morgan fingerprint density at radius 1 is 0.964 bits per heavy atom. The van der Waals surface area contributed by atoms with Crippen molar-refractivity contribution in [2.24, 2.45) is 0 Å². The van der Waals surface area contributed by atoms with Crippen LogP contribution in [-0.4, -0.2) is 30.3 Å². The van der Waals surface area contributed by atoms with Crippen LogP contribution in [0.15, 0.2) is 54.6 Å². The summed E-state index contributed by atoms with van der Waals surface area (Å²) < 4.78 is 10.5. The summed E-state index contributed by atoms with van der Waals surface area (Å²) in [6.07, 6.45) is 0. The van der Waals surface area contributed by atoms with E-state index in [1.807, 2.05) is 18.2 Å². The molecule has 0 aliphatic rings. The van der Waals surface area contributed by atoms with Crippen molar-refractivity contribution >= 4 is 29.0 Å². The molecule has 0 aliphatic heterocycles. The quantitative estimate of drug-likeness (QED) is 0.629. The first kappa shape index (κ1) is 19.4. The molecule has 0 saturated heterocycles. The van der Waals surface area contributed by atoms with Gasteiger partial charge in [-0.1, -0.05) is 23.7 Å². The van der Waals surface area contributed by atoms with Crippen molar-refractivity contribution in [3.63, 3.8) is 0 Å². The molecule has 0 atom stereocenters. The summed E-state index contributed by atoms with van der Waals surface area (Å²) in [6, 6.07) is 15.9. The first-order chi connectivity index (χ1) is 13.6. The molecule has 0 bridgehead atoms. The average molecular weight is 399 g/mol. The van der Waals surface area contributed by atoms with Gasteiger partial charge in [-0.05, 0) is 42.0 Å². The highest BCUT2D eigenvalue weighted by Gasteiger charge is 2.09. The maximum atomic E-state index is 12.2. The van der Waals surface area contributed by atoms with Crippen LogP contribution in [-0.2, 0) is 6.54 Å². The van der Waals surface area contributed by atoms with E-state index in [4.69, 9.17) is 21.1 Å². The topological polar surface area (TPSA) is 85.4 Å². The number of halogens is 1. The number of nitrogens with one attached hydrogen (secondary N) is 2. The van der Waals surface area contributed by atoms with Crippen LogP contribution >= 0.6 is 11.6 Å². The number of amides is 1. The monoisotopic (exact) mass is 398 g/mol. The number of anilines is 2. The van der Waals surface area contributed by atoms with Gasteiger partial charge < -0.3 is 20.1 Å². The first-order valence-corrected chi connectivity index (χ1v) is 8.82. The molecular formula is C20H19ClN4O3. The molecule has 1 aromatic heterocycles. The number of rotatable bonds is 7. The normalized spacial score (nSPS) is 10.2. The Labute approximate surface area is 167 Å². The lowest BCUT2D eigenvalue weighted by molar-refractivity contribution is 0.0945. The largest absolute Gasteiger partial charge is 0.493 e. The number of hydrogen-bond donors (Lipinski definition) is 2. The minimum atomic E-state index is -0.305. The fourth-order valence-electron chi connectivity index (χ4n) is 2.46. The second-order valence-corrected chi connectivity index (χ2v) is 6.24. The van der Waals surface area contributed by atoms with Crippen LogP contribution in [0.4, 0.5) is 11.5 Å². The fourth-order valence-corrected chi connectivity index (χ4v) is 2.58. The van der Waals surface area contributed by atoms with Crippen LogP contribution < -0.4 is 20.1 Å². The molecule has 2 N–H and O–H groups in total. The van der Waals surface area contributed by atoms with E-state index in [-0.39, 0.29) is 11.6 Å². The molecule has 28 heavy (non-hydrogen) atoms. The van der Waals surface area contributed by atoms with E-state index in [1.54, 1.807) is 50.6 Å². The Bertz CT molecular complexity index is 947. The third-order valence-corrected chi connectivity index (χ3v) is 4.17. The minimum absolute atomic E-state index is 0.229. The van der Waals surface area contributed by atoms with E-state index >= 15 is 0 Å². The first-order valence-electron chi connectivity index (χ1n) is 8.44. The lowest BCUT2D eigenvalue weighted by Gasteiger charge is -2.11. The number of carbonyl (C=O) groups is 1. The van der Waals surface area contributed by atoms with Crippen molar-refractivity contribution in [1.29, 1.82) is 0 Å². The zero-order chi connectivity index (χ0) is 19.9. The number of methoxy groups -OCH3 is 2. The number of hydrogen-bond acceptors (Lipinski definition) is 6. The molecule has 1 amide bonds. The van der Waals surface area contributed by atoms with Crippen molar-refractivity contribution in [3.8, 4) is 11.5 Å². The summed E-state index contributed by atoms with van der Waals surface area (Å²) in [7, 11) is 3.14. The molecule has 8 heteroatoms. The van der Waals surface area contributed by atoms with E-state index in [0.29, 0.717) is 28.9 Å². The number of carbonyl (C=O) groups excluding carboxylic acids is 1. The fraction of sp³-hybridized carbons (Fsp3) is 0.150. The highest BCUT2D eigenvalue weighted by atomic mass is 35.5. The van der Waals surface area contributed by atoms with Crippen molar-refractivity contribution in [3.05, 3.63) is 70.9 Å². The number of aromatic nitrogens is 2. The lowest BCUT2D eigenvalue weighted by Crippen LogP contribution is -2.24. The number of nitrogens with zero attached hydrogens (tertiary/aromatic N) is 2. The lowest BCUT2D eigenvalue weighted by atomic mass is 10.2. The highest BCUT2D eigenvalue weighted by Crippen LogP contribution is 2.30. The van der Waals surface area contributed by atoms with Crippen molar-refractivity contribution in [2.45, 2.75) is 6.54 Å². The van der Waals surface area contributed by atoms with Gasteiger partial charge in [0.1, 0.15) is 0 Å². The van der Waals surface area contributed by atoms with Gasteiger partial charge in [0.15, 0.2) is 23.0 Å². The van der Waals surface area contributed by atoms with Gasteiger partial charge in [0.2, 0.25) is 0 Å². The Hall–Kier alpha value is -3.32. The van der Waals surface area contributed by atoms with Gasteiger partial charge >= 0.3 is 0 Å². The molecule has 0 saturated carbocycles. The van der Waals surface area contributed by atoms with E-state index in [0.717, 1.165) is 11.3 Å². The molecule has 3 rings (SSSR count). The van der Waals surface area contributed by atoms with Crippen molar-refractivity contribution < 1.29 is 14.3 Å². The summed E-state index contributed by atoms with van der Waals surface area (Å²) in [6.45, 7) is 0.378. The predicted octanol–water partition coefficient (Wildman–Crippen LogP) is 3.82. The van der Waals surface area contributed by atoms with Gasteiger partial charge in [-0.25, -0.2) is 0 Å². The van der Waals surface area contributed by atoms with Crippen LogP contribution in [0.2, 0.25) is 5.02 Å². The Morgan fingerprint density at radius 3 is 2.36 bits per heavy atom. The van der Waals surface area contributed by atoms with Gasteiger partial charge in [-0.3, -0.25) is 4.79 Å². The second kappa shape index (κ2) is 9.05. The number of benzene rings is 2. The van der Waals surface area contributed by atoms with Crippen LogP contribution in [0.25, 0.3) is 0 Å². The van der Waals surface area contributed by atoms with Gasteiger partial charge in [0.05, 0.1) is 14.2 Å². The average Bonchev–Trinajstić information content (AvgIpc) is 2.73. The van der Waals surface area contributed by atoms with Crippen molar-refractivity contribution in [1.82, 2.24) is 15.5 Å². The van der Waals surface area contributed by atoms with Crippen LogP contribution in [0.5, 0.6) is 11.5 Å². The summed E-state index contributed by atoms with van der Waals surface area (Å²) in [5.41, 5.74) is 1.93. The summed E-state index contributed by atoms with van der Waals surface area (Å²) in [5, 5.41) is 14.6. The van der Waals surface area contributed by atoms with Gasteiger partial charge in [0, 0.05) is 23.3 Å². The third-order valence-electron chi connectivity index (χ3n) is 3.92. The molecular weight excluding hydrogens is 380 g/mol. The maximum Gasteiger partial charge on any atom is 0.272 e. The Kier molecular flexibility index (Phi) is 6.29. The molecule has 2 aromatic carbocycles. The number of ether oxygens (including phenoxy) is 2. The second-order valence-electron chi connectivity index (χ2n) is 5.81. The smallest absolute Gasteiger partial charge is 0.272 e. The molecule has 0 aliphatic carbocycles. The van der Waals surface area contributed by atoms with E-state index in [1.165, 1.54) is 0 Å². The van der Waals surface area contributed by atoms with E-state index < -0.39 is 0 Å². The SMILES string of the molecule is COc1ccc(Nc2ccc(C(=O)NCc3ccc(Cl)cc3)nn2)cc1OC. The molecule has 0 spiro atoms. The molecule has 0 unspecified atom stereocenters. The summed E-state index contributed by atoms with van der Waals surface area (Å²) in [5.74, 6) is 1.42. The van der Waals surface area contributed by atoms with E-state index in [2.05, 4.69) is 20.8 Å². The van der Waals surface area contributed by atoms with Crippen LogP contribution in [0.3, 0.4) is 0 Å². The van der Waals surface area contributed by atoms with E-state index in [9.17, 15) is 4.79 Å². The van der Waals surface area contributed by atoms with Crippen LogP contribution in [0.1, 0.15) is 16.1 Å². The molecule has 3 aromatic rings. The van der Waals surface area contributed by atoms with Gasteiger partial charge in [-0.2, -0.15) is 0 Å². The molecule has 0 fully saturated rings. The summed E-state index contributed by atoms with van der Waals surface area (Å²) >= 11 is 5.85. The zero-order valence-electron chi connectivity index (χ0n) is 15.4. The standard InChI is InChI=1S/C20H19ClN4O3/c1-27-17-9-7-15(11-18(17)28-2)23-19-10-8-16(24-25-19)20(26)22-12-13-3-5-14(21)6-4-13/h3-11H,12H2,1-2H3,(H,22,26)(H,23,25). The molecule has 7 nitrogen and oxygen atoms in total. The summed E-state index contributed by atoms with van der Waals surface area (Å²) in [4.78, 5) is 12.2. The van der Waals surface area contributed by atoms with Crippen LogP contribution in [0, 0.1) is 0 Å². The zero-order valence-corrected chi connectivity index (χ0v) is 16.2. The van der Waals surface area contributed by atoms with Gasteiger partial charge in [0.25, 0.3) is 5.91 Å². The predicted molar refractivity (Wildman–Crippen MR) is 107 cm³/mol. The molecule has 0 radical (unpaired) electrons. The Morgan fingerprint density at radius 2 is 1.71 bits per heavy atom. The molecule has 144 valence electrons. The minimum Gasteiger partial charge on any atom is -0.493 e. The maximum absolute atomic E-state index is 12.2.